The van der Waals surface area contributed by atoms with Crippen molar-refractivity contribution in [2.75, 3.05) is 6.61 Å². The van der Waals surface area contributed by atoms with Crippen LogP contribution in [0.3, 0.4) is 0 Å². The Morgan fingerprint density at radius 3 is 3.03 bits per heavy atom. The summed E-state index contributed by atoms with van der Waals surface area (Å²) >= 11 is 8.31. The molecule has 2 bridgehead atoms. The van der Waals surface area contributed by atoms with Crippen LogP contribution in [0.2, 0.25) is 0 Å². The van der Waals surface area contributed by atoms with Gasteiger partial charge in [-0.05, 0) is 58.7 Å². The molecule has 2 N–H and O–H groups in total. The molecule has 0 aliphatic heterocycles. The number of carboxylic acid groups (broad SMARTS) is 1. The van der Waals surface area contributed by atoms with Crippen LogP contribution < -0.4 is 4.74 Å². The lowest BCUT2D eigenvalue weighted by Gasteiger charge is -2.40. The van der Waals surface area contributed by atoms with E-state index in [4.69, 9.17) is 16.3 Å². The monoisotopic (exact) mass is 441 g/mol. The predicted octanol–water partition coefficient (Wildman–Crippen LogP) is 6.12. The van der Waals surface area contributed by atoms with Gasteiger partial charge in [0.25, 0.3) is 0 Å². The number of aliphatic carboxylic acids is 1. The largest absolute Gasteiger partial charge is 0.494 e. The fourth-order valence-electron chi connectivity index (χ4n) is 4.62. The average Bonchev–Trinajstić information content (AvgIpc) is 3.29. The second kappa shape index (κ2) is 7.78. The molecule has 4 nitrogen and oxygen atoms in total. The van der Waals surface area contributed by atoms with Crippen LogP contribution in [0.1, 0.15) is 59.4 Å². The van der Waals surface area contributed by atoms with Gasteiger partial charge in [-0.25, -0.2) is 0 Å². The number of thiophene rings is 1. The number of hydrogen-bond donors (Lipinski definition) is 2. The zero-order chi connectivity index (χ0) is 20.8. The summed E-state index contributed by atoms with van der Waals surface area (Å²) in [5.41, 5.74) is 6.73. The van der Waals surface area contributed by atoms with Crippen LogP contribution >= 0.6 is 22.9 Å². The molecule has 2 unspecified atom stereocenters. The number of fused-ring (bicyclic) bond motifs is 1. The summed E-state index contributed by atoms with van der Waals surface area (Å²) in [4.78, 5) is 16.4. The number of unbranched alkanes of at least 4 members (excludes halogenated alkanes) is 1. The van der Waals surface area contributed by atoms with Crippen molar-refractivity contribution in [3.05, 3.63) is 56.4 Å². The maximum absolute atomic E-state index is 11.6. The van der Waals surface area contributed by atoms with Crippen molar-refractivity contribution >= 4 is 45.9 Å². The number of rotatable bonds is 8. The number of carbonyl (C=O) groups is 1. The van der Waals surface area contributed by atoms with Gasteiger partial charge in [0.15, 0.2) is 0 Å². The Labute approximate surface area is 184 Å². The number of aromatic amines is 1. The molecule has 0 amide bonds. The quantitative estimate of drug-likeness (QED) is 0.327. The third kappa shape index (κ3) is 3.34. The molecular weight excluding hydrogens is 418 g/mol. The van der Waals surface area contributed by atoms with E-state index in [0.717, 1.165) is 47.2 Å². The normalized spacial score (nSPS) is 19.3. The van der Waals surface area contributed by atoms with E-state index in [-0.39, 0.29) is 11.8 Å². The standard InChI is InChI=1S/C24H24ClNO3S/c1-2-3-6-29-15-4-5-16-17(11-22(27)28)19(26-20(16)10-15)8-14-12-30-21-9-13-7-18(23(14)21)24(13)25/h4-5,9-10,12,18,24,26H,2-3,6-8,11H2,1H3,(H,27,28). The van der Waals surface area contributed by atoms with Crippen LogP contribution in [0.15, 0.2) is 29.2 Å². The maximum atomic E-state index is 11.6. The van der Waals surface area contributed by atoms with Gasteiger partial charge in [-0.15, -0.1) is 22.9 Å². The number of hydrogen-bond acceptors (Lipinski definition) is 3. The molecule has 3 aliphatic carbocycles. The number of H-pyrrole nitrogens is 1. The molecule has 6 rings (SSSR count). The third-order valence-electron chi connectivity index (χ3n) is 6.22. The van der Waals surface area contributed by atoms with Gasteiger partial charge in [0.05, 0.1) is 18.4 Å². The topological polar surface area (TPSA) is 62.3 Å². The molecule has 0 saturated heterocycles. The second-order valence-electron chi connectivity index (χ2n) is 8.21. The number of allylic oxidation sites excluding steroid dienone is 1. The van der Waals surface area contributed by atoms with E-state index in [1.54, 1.807) is 11.3 Å². The number of nitrogens with one attached hydrogen (secondary N) is 1. The lowest BCUT2D eigenvalue weighted by molar-refractivity contribution is -0.136. The van der Waals surface area contributed by atoms with Crippen LogP contribution in [0.4, 0.5) is 0 Å². The smallest absolute Gasteiger partial charge is 0.307 e. The lowest BCUT2D eigenvalue weighted by Crippen LogP contribution is -2.31. The minimum atomic E-state index is -0.819. The fourth-order valence-corrected chi connectivity index (χ4v) is 6.10. The molecule has 6 heteroatoms. The molecule has 2 atom stereocenters. The number of halogens is 1. The van der Waals surface area contributed by atoms with Crippen molar-refractivity contribution in [3.8, 4) is 5.75 Å². The first-order valence-electron chi connectivity index (χ1n) is 10.5. The van der Waals surface area contributed by atoms with Crippen LogP contribution in [0.25, 0.3) is 17.0 Å². The van der Waals surface area contributed by atoms with Crippen molar-refractivity contribution < 1.29 is 14.6 Å². The Balaban J connectivity index is 1.50. The Kier molecular flexibility index (Phi) is 5.11. The van der Waals surface area contributed by atoms with E-state index in [1.165, 1.54) is 21.6 Å². The predicted molar refractivity (Wildman–Crippen MR) is 122 cm³/mol. The van der Waals surface area contributed by atoms with Crippen LogP contribution in [0, 0.1) is 0 Å². The molecule has 1 aromatic carbocycles. The Hall–Kier alpha value is -2.24. The van der Waals surface area contributed by atoms with Crippen molar-refractivity contribution in [2.45, 2.75) is 50.3 Å². The van der Waals surface area contributed by atoms with E-state index in [1.807, 2.05) is 18.2 Å². The third-order valence-corrected chi connectivity index (χ3v) is 7.80. The van der Waals surface area contributed by atoms with E-state index >= 15 is 0 Å². The van der Waals surface area contributed by atoms with Crippen molar-refractivity contribution in [1.82, 2.24) is 4.98 Å². The van der Waals surface area contributed by atoms with Crippen LogP contribution in [0.5, 0.6) is 5.75 Å². The Morgan fingerprint density at radius 1 is 1.40 bits per heavy atom. The molecule has 0 spiro atoms. The highest BCUT2D eigenvalue weighted by molar-refractivity contribution is 7.11. The fraction of sp³-hybridized carbons (Fsp3) is 0.375. The van der Waals surface area contributed by atoms with Crippen molar-refractivity contribution in [3.63, 3.8) is 0 Å². The van der Waals surface area contributed by atoms with E-state index in [9.17, 15) is 9.90 Å². The summed E-state index contributed by atoms with van der Waals surface area (Å²) in [5.74, 6) is 0.393. The van der Waals surface area contributed by atoms with Crippen LogP contribution in [-0.4, -0.2) is 28.0 Å². The van der Waals surface area contributed by atoms with Gasteiger partial charge in [0, 0.05) is 39.9 Å². The molecule has 0 radical (unpaired) electrons. The minimum absolute atomic E-state index is 0.00328. The van der Waals surface area contributed by atoms with E-state index < -0.39 is 5.97 Å². The van der Waals surface area contributed by atoms with E-state index in [0.29, 0.717) is 18.9 Å². The highest BCUT2D eigenvalue weighted by Crippen LogP contribution is 2.54. The number of carboxylic acids is 1. The van der Waals surface area contributed by atoms with Gasteiger partial charge in [0.2, 0.25) is 0 Å². The van der Waals surface area contributed by atoms with Gasteiger partial charge in [-0.1, -0.05) is 13.3 Å². The van der Waals surface area contributed by atoms with Crippen LogP contribution in [-0.2, 0) is 17.6 Å². The molecule has 156 valence electrons. The maximum Gasteiger partial charge on any atom is 0.307 e. The van der Waals surface area contributed by atoms with Gasteiger partial charge >= 0.3 is 5.97 Å². The first-order valence-corrected chi connectivity index (χ1v) is 11.8. The molecule has 2 heterocycles. The molecular formula is C24H24ClNO3S. The molecule has 1 fully saturated rings. The van der Waals surface area contributed by atoms with Gasteiger partial charge < -0.3 is 14.8 Å². The summed E-state index contributed by atoms with van der Waals surface area (Å²) in [5, 5.41) is 12.8. The number of aromatic nitrogens is 1. The van der Waals surface area contributed by atoms with E-state index in [2.05, 4.69) is 23.4 Å². The highest BCUT2D eigenvalue weighted by atomic mass is 35.5. The first kappa shape index (κ1) is 19.7. The highest BCUT2D eigenvalue weighted by Gasteiger charge is 2.42. The van der Waals surface area contributed by atoms with Gasteiger partial charge in [-0.2, -0.15) is 0 Å². The number of alkyl halides is 1. The zero-order valence-electron chi connectivity index (χ0n) is 16.8. The molecule has 3 aliphatic rings. The first-order chi connectivity index (χ1) is 14.5. The van der Waals surface area contributed by atoms with Crippen molar-refractivity contribution in [1.29, 1.82) is 0 Å². The van der Waals surface area contributed by atoms with Gasteiger partial charge in [-0.3, -0.25) is 4.79 Å². The second-order valence-corrected chi connectivity index (χ2v) is 9.59. The lowest BCUT2D eigenvalue weighted by atomic mass is 9.69. The van der Waals surface area contributed by atoms with Crippen molar-refractivity contribution in [2.24, 2.45) is 0 Å². The molecule has 3 aromatic rings. The Morgan fingerprint density at radius 2 is 2.27 bits per heavy atom. The SMILES string of the molecule is CCCCOc1ccc2c(CC(=O)O)c(Cc3csc4c3C3CC(=C4)C3Cl)[nH]c2c1. The number of ether oxygens (including phenoxy) is 1. The molecule has 30 heavy (non-hydrogen) atoms. The summed E-state index contributed by atoms with van der Waals surface area (Å²) in [7, 11) is 0. The summed E-state index contributed by atoms with van der Waals surface area (Å²) in [6.45, 7) is 2.83. The summed E-state index contributed by atoms with van der Waals surface area (Å²) < 4.78 is 5.84. The minimum Gasteiger partial charge on any atom is -0.494 e. The number of benzene rings is 1. The average molecular weight is 442 g/mol. The summed E-state index contributed by atoms with van der Waals surface area (Å²) in [6.07, 6.45) is 6.09. The molecule has 2 aromatic heterocycles. The Bertz CT molecular complexity index is 1160. The summed E-state index contributed by atoms with van der Waals surface area (Å²) in [6, 6.07) is 5.90. The van der Waals surface area contributed by atoms with Gasteiger partial charge in [0.1, 0.15) is 5.75 Å². The molecule has 1 saturated carbocycles. The zero-order valence-corrected chi connectivity index (χ0v) is 18.4.